The summed E-state index contributed by atoms with van der Waals surface area (Å²) in [5.74, 6) is 0.783. The number of aromatic nitrogens is 4. The van der Waals surface area contributed by atoms with Crippen LogP contribution in [0.2, 0.25) is 0 Å². The second-order valence-electron chi connectivity index (χ2n) is 7.46. The van der Waals surface area contributed by atoms with Gasteiger partial charge < -0.3 is 10.6 Å². The Kier molecular flexibility index (Phi) is 5.73. The van der Waals surface area contributed by atoms with Crippen molar-refractivity contribution in [2.24, 2.45) is 0 Å². The van der Waals surface area contributed by atoms with Crippen LogP contribution in [0.15, 0.2) is 61.1 Å². The van der Waals surface area contributed by atoms with Crippen molar-refractivity contribution in [2.45, 2.75) is 26.4 Å². The first-order chi connectivity index (χ1) is 15.5. The SMILES string of the molecule is Cc1cc2cc(C(=O)N(Cc3cc(C#N)ccn3)C(C)c3ncccn3)ccc2nc1N. The van der Waals surface area contributed by atoms with E-state index in [2.05, 4.69) is 26.0 Å². The number of nitrogens with zero attached hydrogens (tertiary/aromatic N) is 6. The first-order valence-electron chi connectivity index (χ1n) is 10.1. The number of aryl methyl sites for hydroxylation is 1. The maximum absolute atomic E-state index is 13.6. The fourth-order valence-electron chi connectivity index (χ4n) is 3.46. The highest BCUT2D eigenvalue weighted by Crippen LogP contribution is 2.25. The van der Waals surface area contributed by atoms with E-state index in [4.69, 9.17) is 5.73 Å². The Bertz CT molecular complexity index is 1330. The molecular formula is C24H21N7O. The normalized spacial score (nSPS) is 11.7. The van der Waals surface area contributed by atoms with Crippen LogP contribution in [0.1, 0.15) is 46.0 Å². The maximum atomic E-state index is 13.6. The highest BCUT2D eigenvalue weighted by molar-refractivity contribution is 5.98. The molecule has 0 aliphatic carbocycles. The van der Waals surface area contributed by atoms with Gasteiger partial charge in [0.15, 0.2) is 0 Å². The third-order valence-electron chi connectivity index (χ3n) is 5.26. The monoisotopic (exact) mass is 423 g/mol. The van der Waals surface area contributed by atoms with Crippen LogP contribution in [0.25, 0.3) is 10.9 Å². The van der Waals surface area contributed by atoms with E-state index in [1.165, 1.54) is 0 Å². The third-order valence-corrected chi connectivity index (χ3v) is 5.26. The number of rotatable bonds is 5. The number of anilines is 1. The van der Waals surface area contributed by atoms with E-state index >= 15 is 0 Å². The van der Waals surface area contributed by atoms with Gasteiger partial charge in [-0.1, -0.05) is 0 Å². The average molecular weight is 423 g/mol. The number of carbonyl (C=O) groups excluding carboxylic acids is 1. The third kappa shape index (κ3) is 4.23. The van der Waals surface area contributed by atoms with Gasteiger partial charge in [-0.05, 0) is 61.9 Å². The summed E-state index contributed by atoms with van der Waals surface area (Å²) in [5, 5.41) is 10.0. The molecule has 0 bridgehead atoms. The summed E-state index contributed by atoms with van der Waals surface area (Å²) in [6.45, 7) is 3.95. The van der Waals surface area contributed by atoms with Crippen molar-refractivity contribution in [2.75, 3.05) is 5.73 Å². The lowest BCUT2D eigenvalue weighted by molar-refractivity contribution is 0.0663. The quantitative estimate of drug-likeness (QED) is 0.520. The minimum atomic E-state index is -0.418. The second-order valence-corrected chi connectivity index (χ2v) is 7.46. The molecule has 0 aliphatic rings. The second kappa shape index (κ2) is 8.78. The van der Waals surface area contributed by atoms with E-state index < -0.39 is 6.04 Å². The Hall–Kier alpha value is -4.38. The summed E-state index contributed by atoms with van der Waals surface area (Å²) >= 11 is 0. The van der Waals surface area contributed by atoms with Crippen LogP contribution in [0.4, 0.5) is 5.82 Å². The molecule has 158 valence electrons. The first-order valence-corrected chi connectivity index (χ1v) is 10.1. The number of pyridine rings is 2. The van der Waals surface area contributed by atoms with Gasteiger partial charge in [0.05, 0.1) is 35.4 Å². The van der Waals surface area contributed by atoms with E-state index in [1.807, 2.05) is 26.0 Å². The molecule has 0 saturated carbocycles. The van der Waals surface area contributed by atoms with E-state index in [1.54, 1.807) is 53.8 Å². The number of fused-ring (bicyclic) bond motifs is 1. The van der Waals surface area contributed by atoms with Gasteiger partial charge >= 0.3 is 0 Å². The molecule has 0 spiro atoms. The van der Waals surface area contributed by atoms with E-state index in [0.717, 1.165) is 16.5 Å². The predicted molar refractivity (Wildman–Crippen MR) is 120 cm³/mol. The Balaban J connectivity index is 1.74. The Morgan fingerprint density at radius 2 is 1.91 bits per heavy atom. The summed E-state index contributed by atoms with van der Waals surface area (Å²) in [6, 6.07) is 14.0. The standard InChI is InChI=1S/C24H21N7O/c1-15-10-19-12-18(4-5-21(19)30-22(15)26)24(32)31(16(2)23-28-7-3-8-29-23)14-20-11-17(13-25)6-9-27-20/h3-12,16H,14H2,1-2H3,(H2,26,30). The maximum Gasteiger partial charge on any atom is 0.254 e. The molecule has 2 N–H and O–H groups in total. The Morgan fingerprint density at radius 1 is 1.12 bits per heavy atom. The molecule has 1 amide bonds. The first kappa shape index (κ1) is 20.9. The van der Waals surface area contributed by atoms with E-state index in [9.17, 15) is 10.1 Å². The largest absolute Gasteiger partial charge is 0.383 e. The van der Waals surface area contributed by atoms with Crippen molar-refractivity contribution in [3.8, 4) is 6.07 Å². The smallest absolute Gasteiger partial charge is 0.254 e. The van der Waals surface area contributed by atoms with E-state index in [0.29, 0.717) is 28.5 Å². The molecule has 1 unspecified atom stereocenters. The minimum absolute atomic E-state index is 0.199. The number of benzene rings is 1. The van der Waals surface area contributed by atoms with Crippen molar-refractivity contribution in [1.82, 2.24) is 24.8 Å². The lowest BCUT2D eigenvalue weighted by Gasteiger charge is -2.28. The number of hydrogen-bond donors (Lipinski definition) is 1. The topological polar surface area (TPSA) is 122 Å². The number of nitrogen functional groups attached to an aromatic ring is 1. The summed E-state index contributed by atoms with van der Waals surface area (Å²) < 4.78 is 0. The lowest BCUT2D eigenvalue weighted by atomic mass is 10.1. The number of carbonyl (C=O) groups is 1. The molecule has 8 heteroatoms. The molecular weight excluding hydrogens is 402 g/mol. The van der Waals surface area contributed by atoms with E-state index in [-0.39, 0.29) is 12.5 Å². The highest BCUT2D eigenvalue weighted by atomic mass is 16.2. The zero-order valence-corrected chi connectivity index (χ0v) is 17.7. The summed E-state index contributed by atoms with van der Waals surface area (Å²) in [5.41, 5.74) is 9.07. The highest BCUT2D eigenvalue weighted by Gasteiger charge is 2.25. The van der Waals surface area contributed by atoms with Crippen LogP contribution in [0.5, 0.6) is 0 Å². The number of nitrogens with two attached hydrogens (primary N) is 1. The zero-order valence-electron chi connectivity index (χ0n) is 17.7. The predicted octanol–water partition coefficient (Wildman–Crippen LogP) is 3.59. The van der Waals surface area contributed by atoms with Crippen molar-refractivity contribution < 1.29 is 4.79 Å². The fraction of sp³-hybridized carbons (Fsp3) is 0.167. The number of hydrogen-bond acceptors (Lipinski definition) is 7. The van der Waals surface area contributed by atoms with Gasteiger partial charge in [0.25, 0.3) is 5.91 Å². The van der Waals surface area contributed by atoms with Gasteiger partial charge in [0, 0.05) is 29.5 Å². The molecule has 1 atom stereocenters. The molecule has 4 aromatic rings. The molecule has 0 saturated heterocycles. The van der Waals surface area contributed by atoms with Crippen LogP contribution < -0.4 is 5.73 Å². The zero-order chi connectivity index (χ0) is 22.7. The summed E-state index contributed by atoms with van der Waals surface area (Å²) in [6.07, 6.45) is 4.85. The van der Waals surface area contributed by atoms with Gasteiger partial charge in [0.2, 0.25) is 0 Å². The number of amides is 1. The molecule has 1 aromatic carbocycles. The van der Waals surface area contributed by atoms with Gasteiger partial charge in [0.1, 0.15) is 11.6 Å². The van der Waals surface area contributed by atoms with Crippen LogP contribution in [-0.2, 0) is 6.54 Å². The molecule has 0 radical (unpaired) electrons. The van der Waals surface area contributed by atoms with Crippen LogP contribution in [0, 0.1) is 18.3 Å². The molecule has 4 rings (SSSR count). The molecule has 32 heavy (non-hydrogen) atoms. The van der Waals surface area contributed by atoms with Crippen LogP contribution >= 0.6 is 0 Å². The minimum Gasteiger partial charge on any atom is -0.383 e. The van der Waals surface area contributed by atoms with Crippen LogP contribution in [-0.4, -0.2) is 30.7 Å². The molecule has 0 aliphatic heterocycles. The number of nitriles is 1. The summed E-state index contributed by atoms with van der Waals surface area (Å²) in [7, 11) is 0. The molecule has 3 heterocycles. The van der Waals surface area contributed by atoms with Crippen LogP contribution in [0.3, 0.4) is 0 Å². The molecule has 3 aromatic heterocycles. The Labute approximate surface area is 185 Å². The molecule has 0 fully saturated rings. The molecule has 8 nitrogen and oxygen atoms in total. The average Bonchev–Trinajstić information content (AvgIpc) is 2.83. The van der Waals surface area contributed by atoms with Crippen molar-refractivity contribution >= 4 is 22.6 Å². The Morgan fingerprint density at radius 3 is 2.66 bits per heavy atom. The van der Waals surface area contributed by atoms with Gasteiger partial charge in [-0.2, -0.15) is 5.26 Å². The summed E-state index contributed by atoms with van der Waals surface area (Å²) in [4.78, 5) is 32.7. The fourth-order valence-corrected chi connectivity index (χ4v) is 3.46. The van der Waals surface area contributed by atoms with Crippen molar-refractivity contribution in [3.63, 3.8) is 0 Å². The van der Waals surface area contributed by atoms with Crippen molar-refractivity contribution in [1.29, 1.82) is 5.26 Å². The van der Waals surface area contributed by atoms with Gasteiger partial charge in [-0.15, -0.1) is 0 Å². The lowest BCUT2D eigenvalue weighted by Crippen LogP contribution is -2.34. The van der Waals surface area contributed by atoms with Crippen molar-refractivity contribution in [3.05, 3.63) is 89.3 Å². The van der Waals surface area contributed by atoms with Gasteiger partial charge in [-0.25, -0.2) is 15.0 Å². The van der Waals surface area contributed by atoms with Gasteiger partial charge in [-0.3, -0.25) is 9.78 Å².